The molecule has 2 aromatic heterocycles. The highest BCUT2D eigenvalue weighted by Crippen LogP contribution is 2.31. The van der Waals surface area contributed by atoms with Gasteiger partial charge in [0.15, 0.2) is 17.1 Å². The molecule has 0 saturated carbocycles. The Kier molecular flexibility index (Phi) is 4.61. The second kappa shape index (κ2) is 7.23. The van der Waals surface area contributed by atoms with Crippen LogP contribution in [0.1, 0.15) is 16.8 Å². The molecular formula is C22H21N3O3. The maximum atomic E-state index is 12.7. The first-order valence-corrected chi connectivity index (χ1v) is 8.98. The number of aromatic nitrogens is 3. The summed E-state index contributed by atoms with van der Waals surface area (Å²) < 4.78 is 12.2. The van der Waals surface area contributed by atoms with Crippen molar-refractivity contribution in [1.82, 2.24) is 14.6 Å². The molecule has 1 N–H and O–H groups in total. The first-order chi connectivity index (χ1) is 13.6. The lowest BCUT2D eigenvalue weighted by molar-refractivity contribution is 0.355. The molecule has 28 heavy (non-hydrogen) atoms. The number of aromatic amines is 1. The van der Waals surface area contributed by atoms with Gasteiger partial charge in [-0.1, -0.05) is 30.3 Å². The molecule has 6 nitrogen and oxygen atoms in total. The lowest BCUT2D eigenvalue weighted by Gasteiger charge is -2.09. The summed E-state index contributed by atoms with van der Waals surface area (Å²) in [5, 5.41) is 3.13. The maximum absolute atomic E-state index is 12.7. The van der Waals surface area contributed by atoms with E-state index in [-0.39, 0.29) is 5.56 Å². The molecule has 0 aliphatic rings. The summed E-state index contributed by atoms with van der Waals surface area (Å²) in [7, 11) is 3.17. The van der Waals surface area contributed by atoms with E-state index in [0.717, 1.165) is 22.4 Å². The molecule has 0 atom stereocenters. The van der Waals surface area contributed by atoms with Crippen LogP contribution in [0.4, 0.5) is 0 Å². The molecule has 2 heterocycles. The number of hydrogen-bond donors (Lipinski definition) is 1. The van der Waals surface area contributed by atoms with Crippen LogP contribution in [-0.2, 0) is 6.42 Å². The van der Waals surface area contributed by atoms with E-state index in [1.165, 1.54) is 10.6 Å². The predicted octanol–water partition coefficient (Wildman–Crippen LogP) is 3.61. The Hall–Kier alpha value is -3.54. The number of H-pyrrole nitrogens is 1. The van der Waals surface area contributed by atoms with Gasteiger partial charge >= 0.3 is 0 Å². The number of rotatable bonds is 5. The molecule has 0 aliphatic heterocycles. The molecule has 0 bridgehead atoms. The normalized spacial score (nSPS) is 11.0. The van der Waals surface area contributed by atoms with Crippen molar-refractivity contribution < 1.29 is 9.47 Å². The van der Waals surface area contributed by atoms with E-state index in [1.807, 2.05) is 43.3 Å². The lowest BCUT2D eigenvalue weighted by atomic mass is 10.1. The van der Waals surface area contributed by atoms with Gasteiger partial charge in [-0.25, -0.2) is 9.50 Å². The Balaban J connectivity index is 1.86. The van der Waals surface area contributed by atoms with Crippen molar-refractivity contribution in [1.29, 1.82) is 0 Å². The van der Waals surface area contributed by atoms with Gasteiger partial charge in [0.1, 0.15) is 0 Å². The molecular weight excluding hydrogens is 354 g/mol. The summed E-state index contributed by atoms with van der Waals surface area (Å²) in [6.45, 7) is 1.96. The first kappa shape index (κ1) is 17.9. The number of nitrogens with one attached hydrogen (secondary N) is 1. The molecule has 6 heteroatoms. The van der Waals surface area contributed by atoms with Gasteiger partial charge in [-0.15, -0.1) is 0 Å². The fourth-order valence-corrected chi connectivity index (χ4v) is 3.35. The molecule has 0 aliphatic carbocycles. The smallest absolute Gasteiger partial charge is 0.273 e. The summed E-state index contributed by atoms with van der Waals surface area (Å²) in [6.07, 6.45) is 0.696. The fraction of sp³-hybridized carbons (Fsp3) is 0.182. The quantitative estimate of drug-likeness (QED) is 0.579. The van der Waals surface area contributed by atoms with Crippen LogP contribution in [0.5, 0.6) is 11.5 Å². The third-order valence-electron chi connectivity index (χ3n) is 4.82. The second-order valence-electron chi connectivity index (χ2n) is 6.59. The summed E-state index contributed by atoms with van der Waals surface area (Å²) >= 11 is 0. The van der Waals surface area contributed by atoms with Crippen LogP contribution in [0, 0.1) is 6.92 Å². The zero-order valence-electron chi connectivity index (χ0n) is 16.0. The van der Waals surface area contributed by atoms with Crippen molar-refractivity contribution in [3.8, 4) is 22.8 Å². The average molecular weight is 375 g/mol. The van der Waals surface area contributed by atoms with Gasteiger partial charge in [0.05, 0.1) is 19.9 Å². The largest absolute Gasteiger partial charge is 0.493 e. The lowest BCUT2D eigenvalue weighted by Crippen LogP contribution is -2.14. The van der Waals surface area contributed by atoms with Crippen LogP contribution < -0.4 is 15.0 Å². The zero-order chi connectivity index (χ0) is 19.7. The number of benzene rings is 2. The summed E-state index contributed by atoms with van der Waals surface area (Å²) in [5.74, 6) is 1.23. The van der Waals surface area contributed by atoms with Crippen LogP contribution >= 0.6 is 0 Å². The van der Waals surface area contributed by atoms with Gasteiger partial charge in [0.25, 0.3) is 5.56 Å². The molecule has 0 amide bonds. The van der Waals surface area contributed by atoms with Crippen LogP contribution in [0.25, 0.3) is 16.9 Å². The number of aryl methyl sites for hydroxylation is 1. The minimum absolute atomic E-state index is 0.155. The van der Waals surface area contributed by atoms with Crippen molar-refractivity contribution in [3.05, 3.63) is 81.8 Å². The molecule has 0 unspecified atom stereocenters. The number of ether oxygens (including phenoxy) is 2. The number of methoxy groups -OCH3 is 2. The van der Waals surface area contributed by atoms with E-state index in [9.17, 15) is 4.79 Å². The highest BCUT2D eigenvalue weighted by molar-refractivity contribution is 5.67. The Bertz CT molecular complexity index is 1190. The van der Waals surface area contributed by atoms with Crippen LogP contribution in [-0.4, -0.2) is 28.8 Å². The fourth-order valence-electron chi connectivity index (χ4n) is 3.35. The average Bonchev–Trinajstić information content (AvgIpc) is 3.04. The molecule has 0 spiro atoms. The minimum atomic E-state index is -0.155. The number of fused-ring (bicyclic) bond motifs is 1. The first-order valence-electron chi connectivity index (χ1n) is 8.98. The SMILES string of the molecule is COc1ccc(-c2cc(=O)n3[nH]c(C)c(Cc4ccccc4)c3n2)cc1OC. The summed E-state index contributed by atoms with van der Waals surface area (Å²) in [5.41, 5.74) is 4.97. The van der Waals surface area contributed by atoms with Gasteiger partial charge in [-0.3, -0.25) is 9.89 Å². The Labute approximate surface area is 162 Å². The van der Waals surface area contributed by atoms with Gasteiger partial charge in [0.2, 0.25) is 0 Å². The van der Waals surface area contributed by atoms with Gasteiger partial charge in [-0.2, -0.15) is 0 Å². The Morgan fingerprint density at radius 3 is 2.46 bits per heavy atom. The van der Waals surface area contributed by atoms with Crippen molar-refractivity contribution in [3.63, 3.8) is 0 Å². The third kappa shape index (κ3) is 3.13. The number of nitrogens with zero attached hydrogens (tertiary/aromatic N) is 2. The van der Waals surface area contributed by atoms with E-state index in [1.54, 1.807) is 14.2 Å². The maximum Gasteiger partial charge on any atom is 0.273 e. The van der Waals surface area contributed by atoms with Gasteiger partial charge in [0, 0.05) is 29.3 Å². The molecule has 0 radical (unpaired) electrons. The van der Waals surface area contributed by atoms with E-state index in [4.69, 9.17) is 14.5 Å². The van der Waals surface area contributed by atoms with E-state index < -0.39 is 0 Å². The van der Waals surface area contributed by atoms with Gasteiger partial charge < -0.3 is 9.47 Å². The molecule has 0 fully saturated rings. The van der Waals surface area contributed by atoms with Crippen molar-refractivity contribution >= 4 is 5.65 Å². The van der Waals surface area contributed by atoms with Gasteiger partial charge in [-0.05, 0) is 30.7 Å². The van der Waals surface area contributed by atoms with Crippen molar-refractivity contribution in [2.75, 3.05) is 14.2 Å². The third-order valence-corrected chi connectivity index (χ3v) is 4.82. The van der Waals surface area contributed by atoms with Crippen LogP contribution in [0.3, 0.4) is 0 Å². The standard InChI is InChI=1S/C22H21N3O3/c1-14-17(11-15-7-5-4-6-8-15)22-23-18(13-21(26)25(22)24-14)16-9-10-19(27-2)20(12-16)28-3/h4-10,12-13,24H,11H2,1-3H3. The van der Waals surface area contributed by atoms with E-state index in [2.05, 4.69) is 17.2 Å². The highest BCUT2D eigenvalue weighted by Gasteiger charge is 2.15. The monoisotopic (exact) mass is 375 g/mol. The second-order valence-corrected chi connectivity index (χ2v) is 6.59. The summed E-state index contributed by atoms with van der Waals surface area (Å²) in [4.78, 5) is 17.5. The predicted molar refractivity (Wildman–Crippen MR) is 108 cm³/mol. The van der Waals surface area contributed by atoms with Crippen LogP contribution in [0.2, 0.25) is 0 Å². The van der Waals surface area contributed by atoms with Crippen molar-refractivity contribution in [2.24, 2.45) is 0 Å². The van der Waals surface area contributed by atoms with Crippen molar-refractivity contribution in [2.45, 2.75) is 13.3 Å². The molecule has 4 rings (SSSR count). The highest BCUT2D eigenvalue weighted by atomic mass is 16.5. The molecule has 2 aromatic carbocycles. The molecule has 4 aromatic rings. The topological polar surface area (TPSA) is 68.6 Å². The summed E-state index contributed by atoms with van der Waals surface area (Å²) in [6, 6.07) is 17.2. The zero-order valence-corrected chi connectivity index (χ0v) is 16.0. The van der Waals surface area contributed by atoms with Crippen LogP contribution in [0.15, 0.2) is 59.4 Å². The molecule has 142 valence electrons. The minimum Gasteiger partial charge on any atom is -0.493 e. The Morgan fingerprint density at radius 1 is 1.00 bits per heavy atom. The number of hydrogen-bond acceptors (Lipinski definition) is 4. The van der Waals surface area contributed by atoms with E-state index in [0.29, 0.717) is 29.3 Å². The van der Waals surface area contributed by atoms with E-state index >= 15 is 0 Å². The Morgan fingerprint density at radius 2 is 1.75 bits per heavy atom. The molecule has 0 saturated heterocycles.